The van der Waals surface area contributed by atoms with E-state index in [0.717, 1.165) is 54.8 Å². The Morgan fingerprint density at radius 3 is 2.38 bits per heavy atom. The van der Waals surface area contributed by atoms with Crippen LogP contribution in [0.3, 0.4) is 0 Å². The van der Waals surface area contributed by atoms with E-state index >= 15 is 0 Å². The van der Waals surface area contributed by atoms with Crippen LogP contribution in [0.1, 0.15) is 164 Å². The highest BCUT2D eigenvalue weighted by Crippen LogP contribution is 2.67. The monoisotopic (exact) mass is 540 g/mol. The van der Waals surface area contributed by atoms with Crippen LogP contribution in [-0.4, -0.2) is 12.1 Å². The van der Waals surface area contributed by atoms with Gasteiger partial charge in [-0.2, -0.15) is 0 Å². The average Bonchev–Trinajstić information content (AvgIpc) is 3.25. The zero-order valence-electron chi connectivity index (χ0n) is 26.9. The van der Waals surface area contributed by atoms with E-state index in [1.54, 1.807) is 5.57 Å². The van der Waals surface area contributed by atoms with Gasteiger partial charge in [0.1, 0.15) is 6.10 Å². The summed E-state index contributed by atoms with van der Waals surface area (Å²) in [5.41, 5.74) is 2.54. The van der Waals surface area contributed by atoms with E-state index in [0.29, 0.717) is 17.3 Å². The van der Waals surface area contributed by atoms with Gasteiger partial charge in [-0.25, -0.2) is 0 Å². The Morgan fingerprint density at radius 1 is 0.897 bits per heavy atom. The minimum atomic E-state index is 0.0550. The van der Waals surface area contributed by atoms with Crippen LogP contribution >= 0.6 is 0 Å². The minimum absolute atomic E-state index is 0.0550. The number of unbranched alkanes of at least 4 members (excludes halogenated alkanes) is 6. The summed E-state index contributed by atoms with van der Waals surface area (Å²) >= 11 is 0. The standard InChI is InChI=1S/C37H64O2/c1-7-8-9-10-11-12-13-17-35(38)39-30-22-24-36(5)29(26-30)18-19-31-33-21-20-32(28(4)16-14-15-27(2)3)37(33,6)25-23-34(31)36/h18,27-28,30-34H,7-17,19-26H2,1-6H3/t28?,30-,31?,32?,33?,34?,36-,37+/m0/s1. The molecule has 0 aromatic heterocycles. The maximum atomic E-state index is 12.6. The van der Waals surface area contributed by atoms with Gasteiger partial charge >= 0.3 is 5.97 Å². The van der Waals surface area contributed by atoms with Crippen LogP contribution in [0.4, 0.5) is 0 Å². The molecule has 5 unspecified atom stereocenters. The molecule has 0 aliphatic heterocycles. The van der Waals surface area contributed by atoms with E-state index in [9.17, 15) is 4.79 Å². The number of rotatable bonds is 14. The molecule has 3 fully saturated rings. The van der Waals surface area contributed by atoms with Gasteiger partial charge in [-0.15, -0.1) is 0 Å². The zero-order valence-corrected chi connectivity index (χ0v) is 26.9. The van der Waals surface area contributed by atoms with Crippen LogP contribution in [0.5, 0.6) is 0 Å². The molecule has 39 heavy (non-hydrogen) atoms. The Kier molecular flexibility index (Phi) is 11.1. The third kappa shape index (κ3) is 7.17. The molecule has 0 aromatic rings. The molecule has 4 rings (SSSR count). The molecule has 0 N–H and O–H groups in total. The number of carbonyl (C=O) groups excluding carboxylic acids is 1. The molecule has 4 aliphatic carbocycles. The van der Waals surface area contributed by atoms with Gasteiger partial charge in [0.15, 0.2) is 0 Å². The van der Waals surface area contributed by atoms with Crippen molar-refractivity contribution in [3.05, 3.63) is 11.6 Å². The molecular formula is C37H64O2. The third-order valence-corrected chi connectivity index (χ3v) is 12.5. The summed E-state index contributed by atoms with van der Waals surface area (Å²) in [4.78, 5) is 12.6. The lowest BCUT2D eigenvalue weighted by Gasteiger charge is -2.58. The maximum absolute atomic E-state index is 12.6. The van der Waals surface area contributed by atoms with Gasteiger partial charge < -0.3 is 4.74 Å². The summed E-state index contributed by atoms with van der Waals surface area (Å²) in [6.07, 6.45) is 26.7. The minimum Gasteiger partial charge on any atom is -0.462 e. The molecule has 0 bridgehead atoms. The summed E-state index contributed by atoms with van der Waals surface area (Å²) in [5, 5.41) is 0. The van der Waals surface area contributed by atoms with E-state index < -0.39 is 0 Å². The van der Waals surface area contributed by atoms with Crippen LogP contribution < -0.4 is 0 Å². The number of ether oxygens (including phenoxy) is 1. The summed E-state index contributed by atoms with van der Waals surface area (Å²) in [6.45, 7) is 14.9. The van der Waals surface area contributed by atoms with Gasteiger partial charge in [0.05, 0.1) is 0 Å². The zero-order chi connectivity index (χ0) is 28.0. The fraction of sp³-hybridized carbons (Fsp3) is 0.919. The lowest BCUT2D eigenvalue weighted by Crippen LogP contribution is -2.51. The molecule has 0 saturated heterocycles. The number of hydrogen-bond acceptors (Lipinski definition) is 2. The number of fused-ring (bicyclic) bond motifs is 5. The first kappa shape index (κ1) is 31.2. The van der Waals surface area contributed by atoms with Gasteiger partial charge in [-0.1, -0.05) is 111 Å². The second kappa shape index (κ2) is 13.9. The second-order valence-electron chi connectivity index (χ2n) is 15.5. The highest BCUT2D eigenvalue weighted by Gasteiger charge is 2.59. The fourth-order valence-corrected chi connectivity index (χ4v) is 10.2. The van der Waals surface area contributed by atoms with Crippen molar-refractivity contribution in [2.75, 3.05) is 0 Å². The predicted molar refractivity (Wildman–Crippen MR) is 166 cm³/mol. The molecule has 8 atom stereocenters. The SMILES string of the molecule is CCCCCCCCCC(=O)O[C@H]1CC[C@@]2(C)C(=CCC3C4CCC(C(C)CCCC(C)C)[C@@]4(C)CCC32)C1. The lowest BCUT2D eigenvalue weighted by molar-refractivity contribution is -0.151. The first-order valence-corrected chi connectivity index (χ1v) is 17.6. The smallest absolute Gasteiger partial charge is 0.306 e. The lowest BCUT2D eigenvalue weighted by atomic mass is 9.47. The molecule has 0 heterocycles. The molecule has 0 amide bonds. The molecule has 2 heteroatoms. The van der Waals surface area contributed by atoms with E-state index in [4.69, 9.17) is 4.74 Å². The molecule has 2 nitrogen and oxygen atoms in total. The largest absolute Gasteiger partial charge is 0.462 e. The number of esters is 1. The number of allylic oxidation sites excluding steroid dienone is 1. The number of carbonyl (C=O) groups is 1. The van der Waals surface area contributed by atoms with Crippen LogP contribution in [0.25, 0.3) is 0 Å². The summed E-state index contributed by atoms with van der Waals surface area (Å²) < 4.78 is 6.06. The van der Waals surface area contributed by atoms with Gasteiger partial charge in [0.25, 0.3) is 0 Å². The fourth-order valence-electron chi connectivity index (χ4n) is 10.2. The molecule has 0 spiro atoms. The van der Waals surface area contributed by atoms with Crippen molar-refractivity contribution in [1.29, 1.82) is 0 Å². The Balaban J connectivity index is 1.29. The highest BCUT2D eigenvalue weighted by atomic mass is 16.5. The average molecular weight is 541 g/mol. The molecular weight excluding hydrogens is 476 g/mol. The van der Waals surface area contributed by atoms with Gasteiger partial charge in [0.2, 0.25) is 0 Å². The Bertz CT molecular complexity index is 812. The van der Waals surface area contributed by atoms with Crippen molar-refractivity contribution >= 4 is 5.97 Å². The summed E-state index contributed by atoms with van der Waals surface area (Å²) in [6, 6.07) is 0. The first-order valence-electron chi connectivity index (χ1n) is 17.6. The Hall–Kier alpha value is -0.790. The van der Waals surface area contributed by atoms with Gasteiger partial charge in [0, 0.05) is 12.8 Å². The second-order valence-corrected chi connectivity index (χ2v) is 15.5. The van der Waals surface area contributed by atoms with Crippen molar-refractivity contribution in [3.8, 4) is 0 Å². The molecule has 4 aliphatic rings. The van der Waals surface area contributed by atoms with Gasteiger partial charge in [-0.3, -0.25) is 4.79 Å². The van der Waals surface area contributed by atoms with Crippen LogP contribution in [-0.2, 0) is 9.53 Å². The molecule has 224 valence electrons. The van der Waals surface area contributed by atoms with Crippen molar-refractivity contribution in [2.45, 2.75) is 170 Å². The van der Waals surface area contributed by atoms with Gasteiger partial charge in [-0.05, 0) is 97.7 Å². The number of hydrogen-bond donors (Lipinski definition) is 0. The van der Waals surface area contributed by atoms with E-state index in [-0.39, 0.29) is 12.1 Å². The maximum Gasteiger partial charge on any atom is 0.306 e. The van der Waals surface area contributed by atoms with Crippen molar-refractivity contribution < 1.29 is 9.53 Å². The van der Waals surface area contributed by atoms with Crippen LogP contribution in [0.2, 0.25) is 0 Å². The quantitative estimate of drug-likeness (QED) is 0.124. The van der Waals surface area contributed by atoms with E-state index in [1.165, 1.54) is 96.3 Å². The summed E-state index contributed by atoms with van der Waals surface area (Å²) in [7, 11) is 0. The normalized spacial score (nSPS) is 36.6. The van der Waals surface area contributed by atoms with E-state index in [1.807, 2.05) is 0 Å². The van der Waals surface area contributed by atoms with Crippen LogP contribution in [0, 0.1) is 46.3 Å². The van der Waals surface area contributed by atoms with E-state index in [2.05, 4.69) is 47.6 Å². The molecule has 3 saturated carbocycles. The van der Waals surface area contributed by atoms with Crippen molar-refractivity contribution in [1.82, 2.24) is 0 Å². The Labute approximate surface area is 242 Å². The topological polar surface area (TPSA) is 26.3 Å². The van der Waals surface area contributed by atoms with Crippen molar-refractivity contribution in [3.63, 3.8) is 0 Å². The van der Waals surface area contributed by atoms with Crippen LogP contribution in [0.15, 0.2) is 11.6 Å². The van der Waals surface area contributed by atoms with Crippen molar-refractivity contribution in [2.24, 2.45) is 46.3 Å². The predicted octanol–water partition coefficient (Wildman–Crippen LogP) is 11.1. The highest BCUT2D eigenvalue weighted by molar-refractivity contribution is 5.69. The Morgan fingerprint density at radius 2 is 1.64 bits per heavy atom. The third-order valence-electron chi connectivity index (χ3n) is 12.5. The summed E-state index contributed by atoms with van der Waals surface area (Å²) in [5.74, 6) is 5.34. The molecule has 0 radical (unpaired) electrons. The first-order chi connectivity index (χ1) is 18.7. The molecule has 0 aromatic carbocycles.